The van der Waals surface area contributed by atoms with E-state index in [9.17, 15) is 16.8 Å². The number of aromatic nitrogens is 2. The van der Waals surface area contributed by atoms with E-state index in [1.54, 1.807) is 6.20 Å². The van der Waals surface area contributed by atoms with Crippen LogP contribution in [-0.4, -0.2) is 37.2 Å². The molecule has 0 saturated carbocycles. The lowest BCUT2D eigenvalue weighted by atomic mass is 10.0. The number of primary sulfonamides is 1. The van der Waals surface area contributed by atoms with Crippen molar-refractivity contribution in [3.63, 3.8) is 0 Å². The molecule has 1 aromatic heterocycles. The average molecular weight is 380 g/mol. The predicted molar refractivity (Wildman–Crippen MR) is 88.3 cm³/mol. The molecule has 4 rings (SSSR count). The smallest absolute Gasteiger partial charge is 0.243 e. The van der Waals surface area contributed by atoms with Crippen LogP contribution in [0, 0.1) is 0 Å². The van der Waals surface area contributed by atoms with Gasteiger partial charge in [0.05, 0.1) is 21.5 Å². The quantitative estimate of drug-likeness (QED) is 0.830. The molecule has 2 aliphatic rings. The number of fused-ring (bicyclic) bond motifs is 4. The van der Waals surface area contributed by atoms with E-state index in [1.807, 2.05) is 0 Å². The molecule has 0 spiro atoms. The van der Waals surface area contributed by atoms with E-state index in [1.165, 1.54) is 34.9 Å². The molecule has 2 aromatic rings. The van der Waals surface area contributed by atoms with Crippen LogP contribution >= 0.6 is 0 Å². The molecule has 25 heavy (non-hydrogen) atoms. The third-order valence-electron chi connectivity index (χ3n) is 4.78. The molecule has 1 saturated heterocycles. The van der Waals surface area contributed by atoms with Crippen molar-refractivity contribution >= 4 is 20.0 Å². The molecule has 0 radical (unpaired) electrons. The van der Waals surface area contributed by atoms with Crippen LogP contribution in [0.3, 0.4) is 0 Å². The lowest BCUT2D eigenvalue weighted by Gasteiger charge is -2.34. The summed E-state index contributed by atoms with van der Waals surface area (Å²) < 4.78 is 50.5. The van der Waals surface area contributed by atoms with Gasteiger partial charge in [-0.2, -0.15) is 4.31 Å². The number of sulfonamides is 2. The molecule has 132 valence electrons. The number of nitrogens with zero attached hydrogens (tertiary/aromatic N) is 3. The van der Waals surface area contributed by atoms with Crippen LogP contribution < -0.4 is 5.14 Å². The van der Waals surface area contributed by atoms with E-state index in [-0.39, 0.29) is 21.9 Å². The maximum Gasteiger partial charge on any atom is 0.243 e. The summed E-state index contributed by atoms with van der Waals surface area (Å²) in [6, 6.07) is 4.57. The van der Waals surface area contributed by atoms with Crippen molar-refractivity contribution in [3.8, 4) is 0 Å². The Balaban J connectivity index is 1.75. The molecular weight excluding hydrogens is 364 g/mol. The lowest BCUT2D eigenvalue weighted by Crippen LogP contribution is -2.42. The third kappa shape index (κ3) is 2.65. The largest absolute Gasteiger partial charge is 0.244 e. The normalized spacial score (nSPS) is 23.4. The van der Waals surface area contributed by atoms with Gasteiger partial charge in [0.2, 0.25) is 20.0 Å². The van der Waals surface area contributed by atoms with Gasteiger partial charge in [-0.1, -0.05) is 0 Å². The minimum absolute atomic E-state index is 0.0529. The van der Waals surface area contributed by atoms with Gasteiger partial charge >= 0.3 is 0 Å². The molecule has 10 heteroatoms. The molecule has 0 aliphatic carbocycles. The Hall–Kier alpha value is -1.88. The molecule has 2 unspecified atom stereocenters. The van der Waals surface area contributed by atoms with Gasteiger partial charge in [0.25, 0.3) is 0 Å². The van der Waals surface area contributed by atoms with Gasteiger partial charge in [-0.25, -0.2) is 31.9 Å². The summed E-state index contributed by atoms with van der Waals surface area (Å²) in [5.41, 5.74) is 1.75. The molecule has 1 aromatic carbocycles. The summed E-state index contributed by atoms with van der Waals surface area (Å²) in [5, 5.41) is 5.06. The van der Waals surface area contributed by atoms with Crippen LogP contribution in [0.2, 0.25) is 0 Å². The first-order chi connectivity index (χ1) is 11.8. The second kappa shape index (κ2) is 5.56. The standard InChI is InChI=1S/C15H16N4O4S2/c16-24(20,21)11-2-4-12(5-3-11)25(22,23)19-10-1-6-15(19)13-8-17-9-18-14(13)7-10/h2-5,8-10,15H,1,6-7H2,(H2,16,20,21). The third-order valence-corrected chi connectivity index (χ3v) is 7.69. The SMILES string of the molecule is NS(=O)(=O)c1ccc(S(=O)(=O)N2C3CCC2c2cncnc2C3)cc1. The average Bonchev–Trinajstić information content (AvgIpc) is 2.91. The Kier molecular flexibility index (Phi) is 3.69. The van der Waals surface area contributed by atoms with E-state index in [2.05, 4.69) is 9.97 Å². The van der Waals surface area contributed by atoms with Crippen molar-refractivity contribution in [2.45, 2.75) is 41.1 Å². The van der Waals surface area contributed by atoms with Gasteiger partial charge < -0.3 is 0 Å². The fourth-order valence-corrected chi connectivity index (χ4v) is 6.03. The van der Waals surface area contributed by atoms with Gasteiger partial charge in [0.1, 0.15) is 6.33 Å². The predicted octanol–water partition coefficient (Wildman–Crippen LogP) is 0.574. The number of nitrogens with two attached hydrogens (primary N) is 1. The van der Waals surface area contributed by atoms with Crippen molar-refractivity contribution in [2.24, 2.45) is 5.14 Å². The zero-order valence-electron chi connectivity index (χ0n) is 13.1. The minimum Gasteiger partial charge on any atom is -0.244 e. The highest BCUT2D eigenvalue weighted by Gasteiger charge is 2.47. The molecule has 2 bridgehead atoms. The number of hydrogen-bond acceptors (Lipinski definition) is 6. The zero-order valence-corrected chi connectivity index (χ0v) is 14.7. The Morgan fingerprint density at radius 1 is 1.04 bits per heavy atom. The van der Waals surface area contributed by atoms with E-state index in [4.69, 9.17) is 5.14 Å². The minimum atomic E-state index is -3.86. The number of rotatable bonds is 3. The van der Waals surface area contributed by atoms with Gasteiger partial charge in [-0.3, -0.25) is 0 Å². The Morgan fingerprint density at radius 3 is 2.40 bits per heavy atom. The van der Waals surface area contributed by atoms with Gasteiger partial charge in [0, 0.05) is 24.2 Å². The van der Waals surface area contributed by atoms with E-state index >= 15 is 0 Å². The first-order valence-corrected chi connectivity index (χ1v) is 10.7. The molecule has 8 nitrogen and oxygen atoms in total. The first-order valence-electron chi connectivity index (χ1n) is 7.73. The summed E-state index contributed by atoms with van der Waals surface area (Å²) in [7, 11) is -7.62. The molecule has 3 heterocycles. The summed E-state index contributed by atoms with van der Waals surface area (Å²) in [6.45, 7) is 0. The van der Waals surface area contributed by atoms with Gasteiger partial charge in [0.15, 0.2) is 0 Å². The molecular formula is C15H16N4O4S2. The summed E-state index contributed by atoms with van der Waals surface area (Å²) in [5.74, 6) is 0. The maximum absolute atomic E-state index is 13.1. The fourth-order valence-electron chi connectivity index (χ4n) is 3.67. The molecule has 2 aliphatic heterocycles. The maximum atomic E-state index is 13.1. The highest BCUT2D eigenvalue weighted by molar-refractivity contribution is 7.89. The summed E-state index contributed by atoms with van der Waals surface area (Å²) in [4.78, 5) is 8.24. The first kappa shape index (κ1) is 16.6. The topological polar surface area (TPSA) is 123 Å². The second-order valence-corrected chi connectivity index (χ2v) is 9.63. The van der Waals surface area contributed by atoms with E-state index in [0.29, 0.717) is 6.42 Å². The number of benzene rings is 1. The van der Waals surface area contributed by atoms with Crippen LogP contribution in [0.15, 0.2) is 46.6 Å². The fraction of sp³-hybridized carbons (Fsp3) is 0.333. The molecule has 0 amide bonds. The van der Waals surface area contributed by atoms with E-state index < -0.39 is 20.0 Å². The summed E-state index contributed by atoms with van der Waals surface area (Å²) >= 11 is 0. The van der Waals surface area contributed by atoms with Crippen LogP contribution in [0.5, 0.6) is 0 Å². The lowest BCUT2D eigenvalue weighted by molar-refractivity contribution is 0.300. The summed E-state index contributed by atoms with van der Waals surface area (Å²) in [6.07, 6.45) is 5.20. The number of hydrogen-bond donors (Lipinski definition) is 1. The van der Waals surface area contributed by atoms with Crippen LogP contribution in [-0.2, 0) is 26.5 Å². The highest BCUT2D eigenvalue weighted by atomic mass is 32.2. The highest BCUT2D eigenvalue weighted by Crippen LogP contribution is 2.45. The monoisotopic (exact) mass is 380 g/mol. The van der Waals surface area contributed by atoms with Crippen LogP contribution in [0.25, 0.3) is 0 Å². The molecule has 1 fully saturated rings. The van der Waals surface area contributed by atoms with Crippen molar-refractivity contribution in [3.05, 3.63) is 48.0 Å². The van der Waals surface area contributed by atoms with Crippen molar-refractivity contribution < 1.29 is 16.8 Å². The Labute approximate surface area is 145 Å². The Bertz CT molecular complexity index is 1040. The molecule has 2 atom stereocenters. The molecule has 2 N–H and O–H groups in total. The van der Waals surface area contributed by atoms with E-state index in [0.717, 1.165) is 24.1 Å². The zero-order chi connectivity index (χ0) is 17.8. The van der Waals surface area contributed by atoms with Crippen LogP contribution in [0.4, 0.5) is 0 Å². The van der Waals surface area contributed by atoms with Crippen molar-refractivity contribution in [1.29, 1.82) is 0 Å². The second-order valence-electron chi connectivity index (χ2n) is 6.23. The van der Waals surface area contributed by atoms with Crippen molar-refractivity contribution in [2.75, 3.05) is 0 Å². The Morgan fingerprint density at radius 2 is 1.72 bits per heavy atom. The van der Waals surface area contributed by atoms with Crippen LogP contribution in [0.1, 0.15) is 30.1 Å². The van der Waals surface area contributed by atoms with Gasteiger partial charge in [-0.15, -0.1) is 0 Å². The van der Waals surface area contributed by atoms with Crippen molar-refractivity contribution in [1.82, 2.24) is 14.3 Å². The van der Waals surface area contributed by atoms with Gasteiger partial charge in [-0.05, 0) is 37.1 Å².